The Labute approximate surface area is 224 Å². The highest BCUT2D eigenvalue weighted by atomic mass is 35.5. The van der Waals surface area contributed by atoms with Crippen molar-refractivity contribution in [2.45, 2.75) is 39.5 Å². The zero-order valence-corrected chi connectivity index (χ0v) is 23.0. The van der Waals surface area contributed by atoms with Gasteiger partial charge >= 0.3 is 6.18 Å². The molecule has 204 valence electrons. The minimum absolute atomic E-state index is 0.125. The summed E-state index contributed by atoms with van der Waals surface area (Å²) in [5.41, 5.74) is -1.10. The van der Waals surface area contributed by atoms with Gasteiger partial charge in [-0.25, -0.2) is 8.42 Å². The maximum atomic E-state index is 13.5. The summed E-state index contributed by atoms with van der Waals surface area (Å²) in [7, 11) is -4.20. The zero-order chi connectivity index (χ0) is 28.1. The standard InChI is InChI=1S/C24H28Cl2F3N3O4S/c1-15(2)12-30-23(34)16(3)31(13-19-20(25)9-6-10-21(19)26)22(33)14-32(37(4,35)36)18-8-5-7-17(11-18)24(27,28)29/h5-11,15-16H,12-14H2,1-4H3,(H,30,34). The van der Waals surface area contributed by atoms with E-state index in [1.165, 1.54) is 6.92 Å². The summed E-state index contributed by atoms with van der Waals surface area (Å²) in [5.74, 6) is -1.22. The molecule has 0 radical (unpaired) electrons. The van der Waals surface area contributed by atoms with E-state index in [4.69, 9.17) is 23.2 Å². The largest absolute Gasteiger partial charge is 0.416 e. The first-order valence-corrected chi connectivity index (χ1v) is 13.8. The van der Waals surface area contributed by atoms with Crippen LogP contribution in [0.15, 0.2) is 42.5 Å². The van der Waals surface area contributed by atoms with Crippen molar-refractivity contribution in [2.24, 2.45) is 5.92 Å². The summed E-state index contributed by atoms with van der Waals surface area (Å²) >= 11 is 12.5. The van der Waals surface area contributed by atoms with Crippen molar-refractivity contribution >= 4 is 50.7 Å². The van der Waals surface area contributed by atoms with Crippen molar-refractivity contribution in [3.63, 3.8) is 0 Å². The summed E-state index contributed by atoms with van der Waals surface area (Å²) in [5, 5.41) is 3.16. The Morgan fingerprint density at radius 2 is 1.59 bits per heavy atom. The highest BCUT2D eigenvalue weighted by molar-refractivity contribution is 7.92. The van der Waals surface area contributed by atoms with Gasteiger partial charge in [-0.05, 0) is 43.2 Å². The monoisotopic (exact) mass is 581 g/mol. The van der Waals surface area contributed by atoms with Crippen molar-refractivity contribution in [2.75, 3.05) is 23.7 Å². The number of carbonyl (C=O) groups is 2. The zero-order valence-electron chi connectivity index (χ0n) is 20.6. The molecule has 0 spiro atoms. The molecular formula is C24H28Cl2F3N3O4S. The fourth-order valence-corrected chi connectivity index (χ4v) is 4.70. The molecule has 0 aliphatic carbocycles. The molecule has 7 nitrogen and oxygen atoms in total. The van der Waals surface area contributed by atoms with E-state index in [0.29, 0.717) is 22.5 Å². The third-order valence-corrected chi connectivity index (χ3v) is 7.23. The fraction of sp³-hybridized carbons (Fsp3) is 0.417. The van der Waals surface area contributed by atoms with Crippen LogP contribution in [0, 0.1) is 5.92 Å². The molecule has 1 unspecified atom stereocenters. The van der Waals surface area contributed by atoms with Crippen molar-refractivity contribution in [3.05, 3.63) is 63.6 Å². The molecule has 0 saturated heterocycles. The van der Waals surface area contributed by atoms with Gasteiger partial charge in [0.1, 0.15) is 12.6 Å². The van der Waals surface area contributed by atoms with E-state index >= 15 is 0 Å². The minimum atomic E-state index is -4.72. The Kier molecular flexibility index (Phi) is 10.3. The Morgan fingerprint density at radius 1 is 1.03 bits per heavy atom. The summed E-state index contributed by atoms with van der Waals surface area (Å²) < 4.78 is 65.4. The van der Waals surface area contributed by atoms with Crippen molar-refractivity contribution in [1.82, 2.24) is 10.2 Å². The molecule has 0 aromatic heterocycles. The lowest BCUT2D eigenvalue weighted by Gasteiger charge is -2.32. The minimum Gasteiger partial charge on any atom is -0.354 e. The SMILES string of the molecule is CC(C)CNC(=O)C(C)N(Cc1c(Cl)cccc1Cl)C(=O)CN(c1cccc(C(F)(F)F)c1)S(C)(=O)=O. The number of anilines is 1. The number of hydrogen-bond donors (Lipinski definition) is 1. The molecule has 0 saturated carbocycles. The van der Waals surface area contributed by atoms with Crippen LogP contribution in [0.4, 0.5) is 18.9 Å². The normalized spacial score (nSPS) is 12.8. The lowest BCUT2D eigenvalue weighted by atomic mass is 10.1. The summed E-state index contributed by atoms with van der Waals surface area (Å²) in [6.07, 6.45) is -3.95. The number of amides is 2. The van der Waals surface area contributed by atoms with E-state index in [0.717, 1.165) is 29.4 Å². The van der Waals surface area contributed by atoms with Crippen LogP contribution >= 0.6 is 23.2 Å². The molecule has 2 aromatic rings. The lowest BCUT2D eigenvalue weighted by molar-refractivity contribution is -0.139. The number of hydrogen-bond acceptors (Lipinski definition) is 4. The molecule has 0 fully saturated rings. The topological polar surface area (TPSA) is 86.8 Å². The molecule has 0 bridgehead atoms. The van der Waals surface area contributed by atoms with Crippen LogP contribution in [-0.2, 0) is 32.3 Å². The van der Waals surface area contributed by atoms with E-state index < -0.39 is 46.2 Å². The average molecular weight is 582 g/mol. The van der Waals surface area contributed by atoms with Gasteiger partial charge in [0.25, 0.3) is 0 Å². The first kappa shape index (κ1) is 30.7. The summed E-state index contributed by atoms with van der Waals surface area (Å²) in [6.45, 7) is 4.45. The molecular weight excluding hydrogens is 554 g/mol. The number of carbonyl (C=O) groups excluding carboxylic acids is 2. The van der Waals surface area contributed by atoms with Gasteiger partial charge in [0.2, 0.25) is 21.8 Å². The number of benzene rings is 2. The predicted octanol–water partition coefficient (Wildman–Crippen LogP) is 4.97. The number of nitrogens with zero attached hydrogens (tertiary/aromatic N) is 2. The molecule has 2 rings (SSSR count). The number of alkyl halides is 3. The van der Waals surface area contributed by atoms with Gasteiger partial charge in [-0.3, -0.25) is 13.9 Å². The fourth-order valence-electron chi connectivity index (χ4n) is 3.34. The second kappa shape index (κ2) is 12.4. The van der Waals surface area contributed by atoms with E-state index in [1.54, 1.807) is 18.2 Å². The van der Waals surface area contributed by atoms with Crippen molar-refractivity contribution < 1.29 is 31.2 Å². The van der Waals surface area contributed by atoms with Gasteiger partial charge in [0.15, 0.2) is 0 Å². The van der Waals surface area contributed by atoms with E-state index in [1.807, 2.05) is 13.8 Å². The van der Waals surface area contributed by atoms with E-state index in [2.05, 4.69) is 5.32 Å². The highest BCUT2D eigenvalue weighted by Gasteiger charge is 2.34. The first-order chi connectivity index (χ1) is 17.0. The molecule has 1 atom stereocenters. The molecule has 2 amide bonds. The van der Waals surface area contributed by atoms with Crippen LogP contribution in [0.2, 0.25) is 10.0 Å². The van der Waals surface area contributed by atoms with E-state index in [9.17, 15) is 31.2 Å². The van der Waals surface area contributed by atoms with E-state index in [-0.39, 0.29) is 28.2 Å². The quantitative estimate of drug-likeness (QED) is 0.429. The van der Waals surface area contributed by atoms with Crippen LogP contribution in [0.25, 0.3) is 0 Å². The van der Waals surface area contributed by atoms with Crippen LogP contribution < -0.4 is 9.62 Å². The summed E-state index contributed by atoms with van der Waals surface area (Å²) in [6, 6.07) is 7.23. The average Bonchev–Trinajstić information content (AvgIpc) is 2.79. The molecule has 0 aliphatic rings. The number of rotatable bonds is 10. The van der Waals surface area contributed by atoms with Gasteiger partial charge in [0.05, 0.1) is 17.5 Å². The molecule has 0 heterocycles. The van der Waals surface area contributed by atoms with Crippen LogP contribution in [0.3, 0.4) is 0 Å². The Balaban J connectivity index is 2.48. The molecule has 0 aliphatic heterocycles. The van der Waals surface area contributed by atoms with Crippen molar-refractivity contribution in [1.29, 1.82) is 0 Å². The number of halogens is 5. The lowest BCUT2D eigenvalue weighted by Crippen LogP contribution is -2.51. The van der Waals surface area contributed by atoms with Crippen LogP contribution in [0.5, 0.6) is 0 Å². The van der Waals surface area contributed by atoms with Crippen molar-refractivity contribution in [3.8, 4) is 0 Å². The second-order valence-corrected chi connectivity index (χ2v) is 11.6. The third-order valence-electron chi connectivity index (χ3n) is 5.38. The van der Waals surface area contributed by atoms with Gasteiger partial charge in [-0.2, -0.15) is 13.2 Å². The van der Waals surface area contributed by atoms with Crippen LogP contribution in [0.1, 0.15) is 31.9 Å². The Morgan fingerprint density at radius 3 is 2.11 bits per heavy atom. The Hall–Kier alpha value is -2.50. The van der Waals surface area contributed by atoms with Gasteiger partial charge in [0, 0.05) is 28.7 Å². The smallest absolute Gasteiger partial charge is 0.354 e. The maximum Gasteiger partial charge on any atom is 0.416 e. The second-order valence-electron chi connectivity index (χ2n) is 8.85. The number of nitrogens with one attached hydrogen (secondary N) is 1. The molecule has 13 heteroatoms. The molecule has 1 N–H and O–H groups in total. The van der Waals surface area contributed by atoms with Gasteiger partial charge in [-0.1, -0.05) is 49.2 Å². The number of sulfonamides is 1. The first-order valence-electron chi connectivity index (χ1n) is 11.2. The third kappa shape index (κ3) is 8.51. The molecule has 37 heavy (non-hydrogen) atoms. The van der Waals surface area contributed by atoms with Gasteiger partial charge in [-0.15, -0.1) is 0 Å². The van der Waals surface area contributed by atoms with Crippen LogP contribution in [-0.4, -0.2) is 50.5 Å². The predicted molar refractivity (Wildman–Crippen MR) is 138 cm³/mol. The summed E-state index contributed by atoms with van der Waals surface area (Å²) in [4.78, 5) is 27.4. The Bertz CT molecular complexity index is 1220. The molecule has 2 aromatic carbocycles. The highest BCUT2D eigenvalue weighted by Crippen LogP contribution is 2.32. The van der Waals surface area contributed by atoms with Gasteiger partial charge < -0.3 is 10.2 Å². The maximum absolute atomic E-state index is 13.5.